The van der Waals surface area contributed by atoms with Crippen LogP contribution < -0.4 is 5.73 Å². The minimum absolute atomic E-state index is 0.0511. The monoisotopic (exact) mass is 244 g/mol. The lowest BCUT2D eigenvalue weighted by Crippen LogP contribution is -2.46. The number of rotatable bonds is 1. The van der Waals surface area contributed by atoms with Crippen molar-refractivity contribution in [1.82, 2.24) is 4.90 Å². The summed E-state index contributed by atoms with van der Waals surface area (Å²) in [5.41, 5.74) is 3.47. The van der Waals surface area contributed by atoms with Gasteiger partial charge < -0.3 is 15.6 Å². The number of ether oxygens (including phenoxy) is 1. The molecule has 1 aliphatic heterocycles. The zero-order valence-corrected chi connectivity index (χ0v) is 10.7. The van der Waals surface area contributed by atoms with E-state index in [0.717, 1.165) is 0 Å². The number of amides is 2. The van der Waals surface area contributed by atoms with E-state index in [4.69, 9.17) is 10.5 Å². The molecule has 0 bridgehead atoms. The molecule has 1 rings (SSSR count). The predicted octanol–water partition coefficient (Wildman–Crippen LogP) is 0.232. The number of carbonyl (C=O) groups is 2. The zero-order valence-electron chi connectivity index (χ0n) is 10.7. The molecular weight excluding hydrogens is 224 g/mol. The van der Waals surface area contributed by atoms with Crippen molar-refractivity contribution in [3.63, 3.8) is 0 Å². The Bertz CT molecular complexity index is 333. The summed E-state index contributed by atoms with van der Waals surface area (Å²) in [5.74, 6) is -0.631. The first-order valence-electron chi connectivity index (χ1n) is 5.53. The number of primary amides is 1. The summed E-state index contributed by atoms with van der Waals surface area (Å²) in [5, 5.41) is 9.87. The Hall–Kier alpha value is -1.30. The Kier molecular flexibility index (Phi) is 3.38. The van der Waals surface area contributed by atoms with Gasteiger partial charge in [-0.3, -0.25) is 9.69 Å². The normalized spacial score (nSPS) is 29.2. The van der Waals surface area contributed by atoms with Crippen LogP contribution in [0.2, 0.25) is 0 Å². The average molecular weight is 244 g/mol. The van der Waals surface area contributed by atoms with Crippen molar-refractivity contribution in [3.8, 4) is 0 Å². The number of carbonyl (C=O) groups excluding carboxylic acids is 2. The Morgan fingerprint density at radius 3 is 2.41 bits per heavy atom. The Morgan fingerprint density at radius 1 is 1.47 bits per heavy atom. The third-order valence-corrected chi connectivity index (χ3v) is 2.48. The second kappa shape index (κ2) is 4.18. The number of β-amino-alcohol motifs (C(OH)–C–C–N with tert-alkyl or cyclic N) is 1. The van der Waals surface area contributed by atoms with Gasteiger partial charge in [-0.25, -0.2) is 4.79 Å². The van der Waals surface area contributed by atoms with Crippen molar-refractivity contribution in [2.45, 2.75) is 51.4 Å². The Balaban J connectivity index is 2.81. The van der Waals surface area contributed by atoms with E-state index in [9.17, 15) is 14.7 Å². The summed E-state index contributed by atoms with van der Waals surface area (Å²) in [6, 6.07) is -0.806. The van der Waals surface area contributed by atoms with Crippen LogP contribution in [0.3, 0.4) is 0 Å². The van der Waals surface area contributed by atoms with Gasteiger partial charge in [0.2, 0.25) is 5.91 Å². The van der Waals surface area contributed by atoms with Crippen molar-refractivity contribution in [2.24, 2.45) is 5.73 Å². The maximum absolute atomic E-state index is 11.8. The maximum atomic E-state index is 11.8. The Morgan fingerprint density at radius 2 is 2.00 bits per heavy atom. The standard InChI is InChI=1S/C11H20N2O4/c1-10(2,3)17-9(15)13-6-11(4,16)5-7(13)8(12)14/h7,16H,5-6H2,1-4H3,(H2,12,14). The summed E-state index contributed by atoms with van der Waals surface area (Å²) in [6.45, 7) is 6.82. The SMILES string of the molecule is CC1(O)CC(C(N)=O)N(C(=O)OC(C)(C)C)C1. The molecule has 1 fully saturated rings. The molecule has 2 atom stereocenters. The molecule has 2 unspecified atom stereocenters. The van der Waals surface area contributed by atoms with Crippen LogP contribution >= 0.6 is 0 Å². The highest BCUT2D eigenvalue weighted by Crippen LogP contribution is 2.28. The van der Waals surface area contributed by atoms with Gasteiger partial charge in [0.15, 0.2) is 0 Å². The lowest BCUT2D eigenvalue weighted by molar-refractivity contribution is -0.122. The van der Waals surface area contributed by atoms with Crippen LogP contribution in [0.4, 0.5) is 4.79 Å². The summed E-state index contributed by atoms with van der Waals surface area (Å²) in [4.78, 5) is 24.3. The molecule has 0 aromatic rings. The van der Waals surface area contributed by atoms with E-state index in [-0.39, 0.29) is 13.0 Å². The van der Waals surface area contributed by atoms with E-state index >= 15 is 0 Å². The highest BCUT2D eigenvalue weighted by molar-refractivity contribution is 5.85. The van der Waals surface area contributed by atoms with Gasteiger partial charge >= 0.3 is 6.09 Å². The molecule has 3 N–H and O–H groups in total. The molecule has 0 saturated carbocycles. The number of nitrogens with zero attached hydrogens (tertiary/aromatic N) is 1. The van der Waals surface area contributed by atoms with Gasteiger partial charge in [0.05, 0.1) is 12.1 Å². The van der Waals surface area contributed by atoms with Crippen molar-refractivity contribution in [2.75, 3.05) is 6.54 Å². The number of hydrogen-bond acceptors (Lipinski definition) is 4. The molecular formula is C11H20N2O4. The van der Waals surface area contributed by atoms with Gasteiger partial charge in [0.25, 0.3) is 0 Å². The first-order valence-corrected chi connectivity index (χ1v) is 5.53. The minimum Gasteiger partial charge on any atom is -0.444 e. The third kappa shape index (κ3) is 3.59. The molecule has 2 amide bonds. The Labute approximate surface area is 101 Å². The minimum atomic E-state index is -1.10. The van der Waals surface area contributed by atoms with Crippen LogP contribution in [-0.2, 0) is 9.53 Å². The lowest BCUT2D eigenvalue weighted by Gasteiger charge is -2.27. The molecule has 17 heavy (non-hydrogen) atoms. The van der Waals surface area contributed by atoms with Crippen molar-refractivity contribution < 1.29 is 19.4 Å². The fourth-order valence-corrected chi connectivity index (χ4v) is 1.83. The fourth-order valence-electron chi connectivity index (χ4n) is 1.83. The molecule has 1 aliphatic rings. The van der Waals surface area contributed by atoms with Crippen molar-refractivity contribution >= 4 is 12.0 Å². The molecule has 6 nitrogen and oxygen atoms in total. The van der Waals surface area contributed by atoms with Gasteiger partial charge in [-0.15, -0.1) is 0 Å². The maximum Gasteiger partial charge on any atom is 0.411 e. The van der Waals surface area contributed by atoms with Crippen LogP contribution in [0.5, 0.6) is 0 Å². The summed E-state index contributed by atoms with van der Waals surface area (Å²) < 4.78 is 5.16. The van der Waals surface area contributed by atoms with E-state index < -0.39 is 29.2 Å². The quantitative estimate of drug-likeness (QED) is 0.690. The molecule has 98 valence electrons. The molecule has 0 spiro atoms. The number of nitrogens with two attached hydrogens (primary N) is 1. The topological polar surface area (TPSA) is 92.9 Å². The first-order chi connectivity index (χ1) is 7.52. The molecule has 1 saturated heterocycles. The molecule has 0 aliphatic carbocycles. The van der Waals surface area contributed by atoms with Crippen LogP contribution in [0.1, 0.15) is 34.1 Å². The van der Waals surface area contributed by atoms with Crippen LogP contribution in [0.15, 0.2) is 0 Å². The number of likely N-dealkylation sites (tertiary alicyclic amines) is 1. The van der Waals surface area contributed by atoms with Crippen molar-refractivity contribution in [1.29, 1.82) is 0 Å². The molecule has 6 heteroatoms. The summed E-state index contributed by atoms with van der Waals surface area (Å²) in [7, 11) is 0. The average Bonchev–Trinajstić information content (AvgIpc) is 2.38. The zero-order chi connectivity index (χ0) is 13.4. The van der Waals surface area contributed by atoms with E-state index in [1.165, 1.54) is 4.90 Å². The van der Waals surface area contributed by atoms with Crippen LogP contribution in [0, 0.1) is 0 Å². The number of hydrogen-bond donors (Lipinski definition) is 2. The van der Waals surface area contributed by atoms with E-state index in [1.54, 1.807) is 27.7 Å². The molecule has 0 aromatic heterocycles. The number of aliphatic hydroxyl groups is 1. The van der Waals surface area contributed by atoms with E-state index in [0.29, 0.717) is 0 Å². The summed E-state index contributed by atoms with van der Waals surface area (Å²) in [6.07, 6.45) is -0.485. The molecule has 0 aromatic carbocycles. The highest BCUT2D eigenvalue weighted by atomic mass is 16.6. The van der Waals surface area contributed by atoms with Crippen LogP contribution in [-0.4, -0.2) is 45.8 Å². The van der Waals surface area contributed by atoms with Gasteiger partial charge in [-0.05, 0) is 27.7 Å². The lowest BCUT2D eigenvalue weighted by atomic mass is 10.0. The summed E-state index contributed by atoms with van der Waals surface area (Å²) >= 11 is 0. The molecule has 0 radical (unpaired) electrons. The van der Waals surface area contributed by atoms with E-state index in [1.807, 2.05) is 0 Å². The smallest absolute Gasteiger partial charge is 0.411 e. The fraction of sp³-hybridized carbons (Fsp3) is 0.818. The van der Waals surface area contributed by atoms with E-state index in [2.05, 4.69) is 0 Å². The second-order valence-electron chi connectivity index (χ2n) is 5.73. The molecule has 1 heterocycles. The van der Waals surface area contributed by atoms with Crippen molar-refractivity contribution in [3.05, 3.63) is 0 Å². The second-order valence-corrected chi connectivity index (χ2v) is 5.73. The van der Waals surface area contributed by atoms with Gasteiger partial charge in [-0.2, -0.15) is 0 Å². The first kappa shape index (κ1) is 13.8. The largest absolute Gasteiger partial charge is 0.444 e. The van der Waals surface area contributed by atoms with Gasteiger partial charge in [0, 0.05) is 6.42 Å². The van der Waals surface area contributed by atoms with Crippen LogP contribution in [0.25, 0.3) is 0 Å². The third-order valence-electron chi connectivity index (χ3n) is 2.48. The predicted molar refractivity (Wildman–Crippen MR) is 61.2 cm³/mol. The van der Waals surface area contributed by atoms with Gasteiger partial charge in [-0.1, -0.05) is 0 Å². The highest BCUT2D eigenvalue weighted by Gasteiger charge is 2.45. The van der Waals surface area contributed by atoms with Gasteiger partial charge in [0.1, 0.15) is 11.6 Å².